The number of anilines is 1. The summed E-state index contributed by atoms with van der Waals surface area (Å²) in [6, 6.07) is 1.75. The minimum Gasteiger partial charge on any atom is -0.384 e. The molecule has 0 aliphatic heterocycles. The molecule has 0 atom stereocenters. The Hall–Kier alpha value is -1.65. The number of pyridine rings is 1. The first kappa shape index (κ1) is 6.09. The van der Waals surface area contributed by atoms with Gasteiger partial charge in [-0.05, 0) is 0 Å². The van der Waals surface area contributed by atoms with Crippen molar-refractivity contribution in [2.75, 3.05) is 5.73 Å². The second-order valence-electron chi connectivity index (χ2n) is 2.31. The van der Waals surface area contributed by atoms with Gasteiger partial charge in [-0.25, -0.2) is 9.67 Å². The lowest BCUT2D eigenvalue weighted by Crippen LogP contribution is -1.92. The van der Waals surface area contributed by atoms with Crippen LogP contribution in [0.1, 0.15) is 0 Å². The molecule has 2 heterocycles. The highest BCUT2D eigenvalue weighted by molar-refractivity contribution is 5.75. The van der Waals surface area contributed by atoms with Crippen LogP contribution in [0, 0.1) is 0 Å². The van der Waals surface area contributed by atoms with Crippen LogP contribution in [0.4, 0.5) is 5.82 Å². The van der Waals surface area contributed by atoms with Gasteiger partial charge >= 0.3 is 0 Å². The first-order chi connectivity index (χ1) is 5.27. The number of aromatic nitrogens is 4. The lowest BCUT2D eigenvalue weighted by atomic mass is 10.4. The topological polar surface area (TPSA) is 69.6 Å². The molecule has 2 aromatic heterocycles. The number of nitrogens with zero attached hydrogens (tertiary/aromatic N) is 4. The Morgan fingerprint density at radius 1 is 1.55 bits per heavy atom. The predicted octanol–water partition coefficient (Wildman–Crippen LogP) is -0.0545. The van der Waals surface area contributed by atoms with Gasteiger partial charge in [-0.3, -0.25) is 0 Å². The van der Waals surface area contributed by atoms with Gasteiger partial charge in [-0.2, -0.15) is 0 Å². The van der Waals surface area contributed by atoms with Gasteiger partial charge in [0.25, 0.3) is 0 Å². The van der Waals surface area contributed by atoms with Crippen molar-refractivity contribution in [2.24, 2.45) is 7.05 Å². The molecule has 5 nitrogen and oxygen atoms in total. The molecule has 0 saturated heterocycles. The molecule has 56 valence electrons. The van der Waals surface area contributed by atoms with Gasteiger partial charge in [0.05, 0.1) is 11.7 Å². The first-order valence-electron chi connectivity index (χ1n) is 3.18. The maximum Gasteiger partial charge on any atom is 0.131 e. The molecular formula is C6H7N5. The monoisotopic (exact) mass is 149 g/mol. The Morgan fingerprint density at radius 3 is 3.18 bits per heavy atom. The summed E-state index contributed by atoms with van der Waals surface area (Å²) in [5.74, 6) is 0.489. The number of rotatable bonds is 0. The molecule has 0 unspecified atom stereocenters. The largest absolute Gasteiger partial charge is 0.384 e. The van der Waals surface area contributed by atoms with Crippen LogP contribution < -0.4 is 5.73 Å². The smallest absolute Gasteiger partial charge is 0.131 e. The van der Waals surface area contributed by atoms with E-state index >= 15 is 0 Å². The first-order valence-corrected chi connectivity index (χ1v) is 3.18. The molecule has 2 N–H and O–H groups in total. The van der Waals surface area contributed by atoms with Gasteiger partial charge < -0.3 is 5.73 Å². The zero-order valence-electron chi connectivity index (χ0n) is 6.02. The molecular weight excluding hydrogens is 142 g/mol. The molecule has 0 fully saturated rings. The fraction of sp³-hybridized carbons (Fsp3) is 0.167. The van der Waals surface area contributed by atoms with E-state index in [1.807, 2.05) is 7.05 Å². The average Bonchev–Trinajstić information content (AvgIpc) is 2.33. The van der Waals surface area contributed by atoms with Crippen molar-refractivity contribution in [1.82, 2.24) is 20.0 Å². The Balaban J connectivity index is 2.87. The van der Waals surface area contributed by atoms with E-state index in [0.29, 0.717) is 5.82 Å². The zero-order valence-corrected chi connectivity index (χ0v) is 6.02. The lowest BCUT2D eigenvalue weighted by Gasteiger charge is -1.91. The summed E-state index contributed by atoms with van der Waals surface area (Å²) in [5.41, 5.74) is 7.14. The van der Waals surface area contributed by atoms with Crippen LogP contribution in [0.3, 0.4) is 0 Å². The number of aryl methyl sites for hydroxylation is 1. The van der Waals surface area contributed by atoms with Gasteiger partial charge in [0.15, 0.2) is 0 Å². The third-order valence-electron chi connectivity index (χ3n) is 1.52. The summed E-state index contributed by atoms with van der Waals surface area (Å²) in [4.78, 5) is 3.88. The number of nitrogens with two attached hydrogens (primary N) is 1. The Bertz CT molecular complexity index is 391. The molecule has 0 amide bonds. The van der Waals surface area contributed by atoms with E-state index in [9.17, 15) is 0 Å². The van der Waals surface area contributed by atoms with Crippen molar-refractivity contribution in [3.8, 4) is 0 Å². The van der Waals surface area contributed by atoms with E-state index in [2.05, 4.69) is 15.3 Å². The van der Waals surface area contributed by atoms with Crippen molar-refractivity contribution in [2.45, 2.75) is 0 Å². The van der Waals surface area contributed by atoms with Crippen molar-refractivity contribution < 1.29 is 0 Å². The van der Waals surface area contributed by atoms with Crippen LogP contribution in [-0.2, 0) is 7.05 Å². The van der Waals surface area contributed by atoms with E-state index in [4.69, 9.17) is 5.73 Å². The summed E-state index contributed by atoms with van der Waals surface area (Å²) in [7, 11) is 1.81. The summed E-state index contributed by atoms with van der Waals surface area (Å²) in [5, 5.41) is 7.66. The molecule has 0 aromatic carbocycles. The third-order valence-corrected chi connectivity index (χ3v) is 1.52. The summed E-state index contributed by atoms with van der Waals surface area (Å²) in [6.45, 7) is 0. The Labute approximate surface area is 62.8 Å². The SMILES string of the molecule is Cn1nnc2cnc(N)cc21. The van der Waals surface area contributed by atoms with Crippen LogP contribution in [0.5, 0.6) is 0 Å². The van der Waals surface area contributed by atoms with Gasteiger partial charge in [0.1, 0.15) is 11.3 Å². The molecule has 5 heteroatoms. The fourth-order valence-corrected chi connectivity index (χ4v) is 0.953. The Kier molecular flexibility index (Phi) is 1.06. The van der Waals surface area contributed by atoms with Gasteiger partial charge in [-0.15, -0.1) is 5.10 Å². The number of hydrogen-bond acceptors (Lipinski definition) is 4. The number of nitrogen functional groups attached to an aromatic ring is 1. The normalized spacial score (nSPS) is 10.6. The van der Waals surface area contributed by atoms with Crippen molar-refractivity contribution in [3.63, 3.8) is 0 Å². The second-order valence-corrected chi connectivity index (χ2v) is 2.31. The predicted molar refractivity (Wildman–Crippen MR) is 40.7 cm³/mol. The van der Waals surface area contributed by atoms with Gasteiger partial charge in [0, 0.05) is 13.1 Å². The lowest BCUT2D eigenvalue weighted by molar-refractivity contribution is 0.736. The molecule has 11 heavy (non-hydrogen) atoms. The maximum atomic E-state index is 5.47. The van der Waals surface area contributed by atoms with Gasteiger partial charge in [-0.1, -0.05) is 5.21 Å². The maximum absolute atomic E-state index is 5.47. The fourth-order valence-electron chi connectivity index (χ4n) is 0.953. The zero-order chi connectivity index (χ0) is 7.84. The van der Waals surface area contributed by atoms with E-state index in [0.717, 1.165) is 11.0 Å². The summed E-state index contributed by atoms with van der Waals surface area (Å²) in [6.07, 6.45) is 1.61. The highest BCUT2D eigenvalue weighted by Crippen LogP contribution is 2.09. The minimum absolute atomic E-state index is 0.489. The molecule has 0 saturated carbocycles. The van der Waals surface area contributed by atoms with Crippen molar-refractivity contribution in [1.29, 1.82) is 0 Å². The number of fused-ring (bicyclic) bond motifs is 1. The highest BCUT2D eigenvalue weighted by atomic mass is 15.4. The summed E-state index contributed by atoms with van der Waals surface area (Å²) >= 11 is 0. The minimum atomic E-state index is 0.489. The molecule has 2 aromatic rings. The molecule has 0 aliphatic carbocycles. The van der Waals surface area contributed by atoms with E-state index in [1.54, 1.807) is 16.9 Å². The van der Waals surface area contributed by atoms with Crippen LogP contribution in [0.25, 0.3) is 11.0 Å². The van der Waals surface area contributed by atoms with Crippen LogP contribution >= 0.6 is 0 Å². The van der Waals surface area contributed by atoms with Crippen LogP contribution in [-0.4, -0.2) is 20.0 Å². The molecule has 0 aliphatic rings. The molecule has 0 spiro atoms. The molecule has 0 radical (unpaired) electrons. The Morgan fingerprint density at radius 2 is 2.36 bits per heavy atom. The van der Waals surface area contributed by atoms with Crippen molar-refractivity contribution in [3.05, 3.63) is 12.3 Å². The van der Waals surface area contributed by atoms with Gasteiger partial charge in [0.2, 0.25) is 0 Å². The van der Waals surface area contributed by atoms with E-state index < -0.39 is 0 Å². The van der Waals surface area contributed by atoms with E-state index in [1.165, 1.54) is 0 Å². The van der Waals surface area contributed by atoms with Crippen molar-refractivity contribution >= 4 is 16.9 Å². The summed E-state index contributed by atoms with van der Waals surface area (Å²) < 4.78 is 1.66. The third kappa shape index (κ3) is 0.813. The van der Waals surface area contributed by atoms with E-state index in [-0.39, 0.29) is 0 Å². The second kappa shape index (κ2) is 1.91. The molecule has 2 rings (SSSR count). The highest BCUT2D eigenvalue weighted by Gasteiger charge is 2.00. The standard InChI is InChI=1S/C6H7N5/c1-11-5-2-6(7)8-3-4(5)9-10-11/h2-3H,1H3,(H2,7,8). The quantitative estimate of drug-likeness (QED) is 0.570. The number of hydrogen-bond donors (Lipinski definition) is 1. The average molecular weight is 149 g/mol. The van der Waals surface area contributed by atoms with Crippen LogP contribution in [0.15, 0.2) is 12.3 Å². The molecule has 0 bridgehead atoms. The van der Waals surface area contributed by atoms with Crippen LogP contribution in [0.2, 0.25) is 0 Å².